The van der Waals surface area contributed by atoms with Crippen LogP contribution in [0.15, 0.2) is 309 Å². The maximum absolute atomic E-state index is 5.94. The van der Waals surface area contributed by atoms with E-state index in [1.165, 1.54) is 146 Å². The van der Waals surface area contributed by atoms with E-state index in [0.29, 0.717) is 36.1 Å². The molecule has 12 nitrogen and oxygen atoms in total. The number of hydrogen-bond acceptors (Lipinski definition) is 26. The molecule has 21 aromatic heterocycles. The van der Waals surface area contributed by atoms with E-state index in [0.717, 1.165) is 54.9 Å². The molecule has 0 atom stereocenters. The van der Waals surface area contributed by atoms with Crippen molar-refractivity contribution in [1.82, 2.24) is 60.3 Å². The van der Waals surface area contributed by atoms with Crippen molar-refractivity contribution in [3.05, 3.63) is 398 Å². The molecule has 21 rings (SSSR count). The average Bonchev–Trinajstić information content (AvgIpc) is 1.65. The average molecular weight is 2420 g/mol. The topological polar surface area (TPSA) is 155 Å². The molecule has 138 heavy (non-hydrogen) atoms. The van der Waals surface area contributed by atoms with Crippen LogP contribution >= 0.6 is 288 Å². The van der Waals surface area contributed by atoms with E-state index in [1.807, 2.05) is 133 Å². The zero-order chi connectivity index (χ0) is 98.9. The Bertz CT molecular complexity index is 6340. The summed E-state index contributed by atoms with van der Waals surface area (Å²) >= 11 is 74.1. The van der Waals surface area contributed by atoms with Crippen LogP contribution in [-0.4, -0.2) is 60.3 Å². The molecule has 0 aliphatic rings. The molecular formula is C102H92Br3Cl7N12S14. The molecule has 714 valence electrons. The van der Waals surface area contributed by atoms with Gasteiger partial charge in [-0.1, -0.05) is 138 Å². The summed E-state index contributed by atoms with van der Waals surface area (Å²) in [5.41, 5.74) is 3.69. The number of rotatable bonds is 13. The van der Waals surface area contributed by atoms with Crippen molar-refractivity contribution >= 4 is 288 Å². The summed E-state index contributed by atoms with van der Waals surface area (Å²) in [5, 5.41) is 27.7. The summed E-state index contributed by atoms with van der Waals surface area (Å²) in [5.74, 6) is 0. The van der Waals surface area contributed by atoms with Gasteiger partial charge >= 0.3 is 0 Å². The quantitative estimate of drug-likeness (QED) is 0.0797. The lowest BCUT2D eigenvalue weighted by atomic mass is 10.1. The molecule has 0 radical (unpaired) electrons. The van der Waals surface area contributed by atoms with E-state index in [2.05, 4.69) is 351 Å². The molecule has 36 heteroatoms. The molecule has 0 spiro atoms. The summed E-state index contributed by atoms with van der Waals surface area (Å²) in [6.45, 7) is 23.6. The van der Waals surface area contributed by atoms with Crippen molar-refractivity contribution in [2.24, 2.45) is 0 Å². The van der Waals surface area contributed by atoms with E-state index in [-0.39, 0.29) is 0 Å². The summed E-state index contributed by atoms with van der Waals surface area (Å²) in [7, 11) is 0. The first kappa shape index (κ1) is 115. The molecule has 0 saturated heterocycles. The first-order valence-electron chi connectivity index (χ1n) is 41.9. The van der Waals surface area contributed by atoms with Crippen LogP contribution < -0.4 is 0 Å². The minimum Gasteiger partial charge on any atom is -0.263 e. The highest BCUT2D eigenvalue weighted by Gasteiger charge is 2.13. The molecule has 0 amide bonds. The minimum absolute atomic E-state index is 0.356. The lowest BCUT2D eigenvalue weighted by molar-refractivity contribution is 0.670. The number of unbranched alkanes of at least 4 members (excludes halogenated alkanes) is 3. The molecule has 21 heterocycles. The van der Waals surface area contributed by atoms with E-state index in [1.54, 1.807) is 133 Å². The molecule has 0 aliphatic carbocycles. The Labute approximate surface area is 924 Å². The Morgan fingerprint density at radius 3 is 0.833 bits per heavy atom. The number of pyridine rings is 2. The molecule has 0 saturated carbocycles. The van der Waals surface area contributed by atoms with Crippen LogP contribution in [0.25, 0.3) is 81.2 Å². The van der Waals surface area contributed by atoms with Crippen LogP contribution in [-0.2, 0) is 6.42 Å². The second-order valence-electron chi connectivity index (χ2n) is 28.5. The van der Waals surface area contributed by atoms with Crippen molar-refractivity contribution < 1.29 is 0 Å². The molecule has 21 aromatic rings. The lowest BCUT2D eigenvalue weighted by Crippen LogP contribution is -1.83. The maximum Gasteiger partial charge on any atom is 0.151 e. The Balaban J connectivity index is 0.000000171. The summed E-state index contributed by atoms with van der Waals surface area (Å²) in [6.07, 6.45) is 18.2. The summed E-state index contributed by atoms with van der Waals surface area (Å²) in [4.78, 5) is 62.2. The van der Waals surface area contributed by atoms with Crippen LogP contribution in [0.1, 0.15) is 86.3 Å². The SMILES string of the molecule is Brc1cncc(-c2cccs2)c1.Brc1cncc(Br)c1.CCCCCCc1ccc(C)s1.Cc1ccc(-c2ccc(C)s2)s1.Cc1ccc(-c2ccc(C)s2)s1.Cc1ccc(-c2ccc(C)s2)s1.Cc1cccs1.Cc1cccs1.Cc1cccs1.Clc1cc(-c2ccc(-c3ccc(-c4cc(Cl)ncn4)s3)s2)ncn1.Clc1cc(Cl)ncn1.Clc1ccc(-c2cccs2)nn1.Clc1ccc(Cl)nn1. The van der Waals surface area contributed by atoms with Gasteiger partial charge < -0.3 is 0 Å². The zero-order valence-electron chi connectivity index (χ0n) is 76.2. The molecule has 0 aliphatic heterocycles. The van der Waals surface area contributed by atoms with Crippen LogP contribution in [0.2, 0.25) is 36.1 Å². The van der Waals surface area contributed by atoms with Gasteiger partial charge in [0.05, 0.1) is 26.0 Å². The predicted octanol–water partition coefficient (Wildman–Crippen LogP) is 40.9. The van der Waals surface area contributed by atoms with Gasteiger partial charge in [0.1, 0.15) is 45.3 Å². The minimum atomic E-state index is 0.356. The summed E-state index contributed by atoms with van der Waals surface area (Å²) < 4.78 is 3.01. The highest BCUT2D eigenvalue weighted by Crippen LogP contribution is 2.41. The van der Waals surface area contributed by atoms with Crippen molar-refractivity contribution in [1.29, 1.82) is 0 Å². The molecule has 0 bridgehead atoms. The smallest absolute Gasteiger partial charge is 0.151 e. The van der Waals surface area contributed by atoms with E-state index >= 15 is 0 Å². The number of halogens is 10. The van der Waals surface area contributed by atoms with E-state index < -0.39 is 0 Å². The van der Waals surface area contributed by atoms with Gasteiger partial charge in [-0.2, -0.15) is 0 Å². The largest absolute Gasteiger partial charge is 0.263 e. The van der Waals surface area contributed by atoms with Crippen molar-refractivity contribution in [3.63, 3.8) is 0 Å². The van der Waals surface area contributed by atoms with Gasteiger partial charge in [0.25, 0.3) is 0 Å². The van der Waals surface area contributed by atoms with Crippen LogP contribution in [0.4, 0.5) is 0 Å². The van der Waals surface area contributed by atoms with Crippen molar-refractivity contribution in [2.75, 3.05) is 0 Å². The third-order valence-electron chi connectivity index (χ3n) is 17.2. The fourth-order valence-corrected chi connectivity index (χ4v) is 24.6. The van der Waals surface area contributed by atoms with Gasteiger partial charge in [-0.15, -0.1) is 179 Å². The standard InChI is InChI=1S/C16H8Cl2N4S2.C11H18S.3C10H10S2.C9H6BrNS.C8H5ClN2S.C5H3Br2N.3C5H6S.2C4H2Cl2N2/c17-15-5-9(19-7-21-15)11-1-3-13(23-11)14-4-2-12(24-14)10-6-16(18)22-8-20-10;1-3-4-5-6-7-11-9-8-10(2)12-11;3*1-7-3-5-9(11-7)10-6-4-8(2)12-10;10-8-4-7(5-11-6-8)9-2-1-3-12-9;9-8-4-3-6(10-11-8)7-2-1-5-12-7;6-4-1-5(7)3-8-2-4;3*1-5-3-2-4-6-5;5-3-1-4(6)8-2-7-3;5-3-1-2-4(6)8-7-3/h1-8H;8-9H,3-7H2,1-2H3;3*3-6H,1-2H3;1-6H;1-5H;1-3H;3*2-4H,1H3;2*1-2H. The molecule has 0 fully saturated rings. The monoisotopic (exact) mass is 2410 g/mol. The predicted molar refractivity (Wildman–Crippen MR) is 624 cm³/mol. The van der Waals surface area contributed by atoms with Crippen molar-refractivity contribution in [3.8, 4) is 81.2 Å². The zero-order valence-corrected chi connectivity index (χ0v) is 97.7. The maximum atomic E-state index is 5.94. The molecule has 0 unspecified atom stereocenters. The van der Waals surface area contributed by atoms with Gasteiger partial charge in [-0.3, -0.25) is 9.97 Å². The van der Waals surface area contributed by atoms with Crippen LogP contribution in [0.5, 0.6) is 0 Å². The van der Waals surface area contributed by atoms with Gasteiger partial charge in [0, 0.05) is 160 Å². The number of nitrogens with zero attached hydrogens (tertiary/aromatic N) is 12. The van der Waals surface area contributed by atoms with E-state index in [9.17, 15) is 0 Å². The van der Waals surface area contributed by atoms with E-state index in [4.69, 9.17) is 81.2 Å². The lowest BCUT2D eigenvalue weighted by Gasteiger charge is -1.96. The number of hydrogen-bond donors (Lipinski definition) is 0. The van der Waals surface area contributed by atoms with Gasteiger partial charge in [0.2, 0.25) is 0 Å². The number of aromatic nitrogens is 12. The molecule has 0 N–H and O–H groups in total. The number of thiophene rings is 14. The fourth-order valence-electron chi connectivity index (χ4n) is 10.8. The Morgan fingerprint density at radius 2 is 0.558 bits per heavy atom. The number of aryl methyl sites for hydroxylation is 11. The Hall–Kier alpha value is -7.03. The third kappa shape index (κ3) is 44.9. The second-order valence-corrected chi connectivity index (χ2v) is 50.6. The Kier molecular flexibility index (Phi) is 53.0. The highest BCUT2D eigenvalue weighted by molar-refractivity contribution is 9.11. The first-order valence-corrected chi connectivity index (χ1v) is 58.6. The van der Waals surface area contributed by atoms with Gasteiger partial charge in [0.15, 0.2) is 15.5 Å². The molecule has 0 aromatic carbocycles. The third-order valence-corrected chi connectivity index (χ3v) is 34.3. The normalized spacial score (nSPS) is 10.1. The van der Waals surface area contributed by atoms with Crippen molar-refractivity contribution in [2.45, 2.75) is 108 Å². The Morgan fingerprint density at radius 1 is 0.239 bits per heavy atom. The molecular weight excluding hydrogens is 2330 g/mol. The fraction of sp³-hybridized carbons (Fsp3) is 0.157. The summed E-state index contributed by atoms with van der Waals surface area (Å²) in [6, 6.07) is 75.4. The first-order chi connectivity index (χ1) is 66.5. The van der Waals surface area contributed by atoms with Crippen LogP contribution in [0.3, 0.4) is 0 Å². The van der Waals surface area contributed by atoms with Gasteiger partial charge in [-0.05, 0) is 333 Å². The second kappa shape index (κ2) is 63.9. The van der Waals surface area contributed by atoms with Crippen LogP contribution in [0, 0.1) is 69.2 Å². The highest BCUT2D eigenvalue weighted by atomic mass is 79.9. The van der Waals surface area contributed by atoms with Gasteiger partial charge in [-0.25, -0.2) is 29.9 Å².